The lowest BCUT2D eigenvalue weighted by Crippen LogP contribution is -1.89. The Kier molecular flexibility index (Phi) is 8.31. The van der Waals surface area contributed by atoms with Crippen LogP contribution >= 0.6 is 0 Å². The molecule has 1 aromatic carbocycles. The molecule has 1 heteroatoms. The lowest BCUT2D eigenvalue weighted by molar-refractivity contribution is 0.112. The van der Waals surface area contributed by atoms with E-state index in [1.165, 1.54) is 0 Å². The molecule has 0 saturated carbocycles. The molecule has 0 aliphatic rings. The number of benzene rings is 1. The first-order chi connectivity index (χ1) is 8.33. The molecule has 17 heavy (non-hydrogen) atoms. The monoisotopic (exact) mass is 228 g/mol. The maximum absolute atomic E-state index is 10.9. The Morgan fingerprint density at radius 3 is 2.41 bits per heavy atom. The van der Waals surface area contributed by atoms with Gasteiger partial charge in [0, 0.05) is 5.56 Å². The van der Waals surface area contributed by atoms with Crippen molar-refractivity contribution in [2.75, 3.05) is 0 Å². The standard InChI is InChI=1S/C14H14O.C2H6/c1-3-5-8-12(4-2)14-10-7-6-9-13(14)11-15;1-2/h3-11H,1H2,2H3;1-2H3/b8-5-,12-4+;. The summed E-state index contributed by atoms with van der Waals surface area (Å²) in [5, 5.41) is 0. The second-order valence-electron chi connectivity index (χ2n) is 3.04. The van der Waals surface area contributed by atoms with Crippen LogP contribution in [-0.2, 0) is 0 Å². The number of carbonyl (C=O) groups is 1. The SMILES string of the molecule is C=C/C=C\C(=C/C)c1ccccc1C=O.CC. The summed E-state index contributed by atoms with van der Waals surface area (Å²) < 4.78 is 0. The first kappa shape index (κ1) is 15.1. The second kappa shape index (κ2) is 9.34. The van der Waals surface area contributed by atoms with E-state index >= 15 is 0 Å². The lowest BCUT2D eigenvalue weighted by atomic mass is 10.00. The molecule has 0 aliphatic carbocycles. The fourth-order valence-corrected chi connectivity index (χ4v) is 1.38. The minimum absolute atomic E-state index is 0.708. The van der Waals surface area contributed by atoms with E-state index in [4.69, 9.17) is 0 Å². The molecule has 0 atom stereocenters. The lowest BCUT2D eigenvalue weighted by Gasteiger charge is -2.04. The van der Waals surface area contributed by atoms with Crippen LogP contribution in [0.5, 0.6) is 0 Å². The van der Waals surface area contributed by atoms with Gasteiger partial charge in [-0.1, -0.05) is 69.0 Å². The zero-order chi connectivity index (χ0) is 13.1. The van der Waals surface area contributed by atoms with Gasteiger partial charge in [0.1, 0.15) is 0 Å². The minimum atomic E-state index is 0.708. The zero-order valence-corrected chi connectivity index (χ0v) is 10.8. The number of aldehydes is 1. The first-order valence-electron chi connectivity index (χ1n) is 5.83. The Morgan fingerprint density at radius 2 is 1.88 bits per heavy atom. The van der Waals surface area contributed by atoms with E-state index in [1.807, 2.05) is 63.3 Å². The molecule has 1 aromatic rings. The summed E-state index contributed by atoms with van der Waals surface area (Å²) in [6, 6.07) is 7.53. The van der Waals surface area contributed by atoms with Gasteiger partial charge in [0.15, 0.2) is 6.29 Å². The van der Waals surface area contributed by atoms with Crippen molar-refractivity contribution in [2.24, 2.45) is 0 Å². The van der Waals surface area contributed by atoms with Crippen LogP contribution in [0.25, 0.3) is 5.57 Å². The molecule has 0 bridgehead atoms. The maximum atomic E-state index is 10.9. The Morgan fingerprint density at radius 1 is 1.24 bits per heavy atom. The molecule has 0 heterocycles. The van der Waals surface area contributed by atoms with E-state index in [9.17, 15) is 4.79 Å². The van der Waals surface area contributed by atoms with Gasteiger partial charge in [-0.3, -0.25) is 4.79 Å². The molecular weight excluding hydrogens is 208 g/mol. The van der Waals surface area contributed by atoms with Gasteiger partial charge in [-0.15, -0.1) is 0 Å². The summed E-state index contributed by atoms with van der Waals surface area (Å²) in [7, 11) is 0. The Labute approximate surface area is 104 Å². The topological polar surface area (TPSA) is 17.1 Å². The van der Waals surface area contributed by atoms with Crippen molar-refractivity contribution in [3.05, 3.63) is 66.3 Å². The van der Waals surface area contributed by atoms with E-state index in [2.05, 4.69) is 6.58 Å². The molecule has 0 saturated heterocycles. The van der Waals surface area contributed by atoms with Crippen LogP contribution in [-0.4, -0.2) is 6.29 Å². The third-order valence-electron chi connectivity index (χ3n) is 2.12. The van der Waals surface area contributed by atoms with Crippen molar-refractivity contribution in [1.29, 1.82) is 0 Å². The summed E-state index contributed by atoms with van der Waals surface area (Å²) in [6.45, 7) is 9.57. The van der Waals surface area contributed by atoms with Crippen LogP contribution in [0.2, 0.25) is 0 Å². The third kappa shape index (κ3) is 4.64. The van der Waals surface area contributed by atoms with Crippen molar-refractivity contribution < 1.29 is 4.79 Å². The molecule has 0 unspecified atom stereocenters. The van der Waals surface area contributed by atoms with Gasteiger partial charge in [-0.05, 0) is 18.1 Å². The van der Waals surface area contributed by atoms with Crippen molar-refractivity contribution >= 4 is 11.9 Å². The Hall–Kier alpha value is -1.89. The molecule has 0 aliphatic heterocycles. The van der Waals surface area contributed by atoms with Gasteiger partial charge in [0.25, 0.3) is 0 Å². The van der Waals surface area contributed by atoms with Crippen molar-refractivity contribution in [3.63, 3.8) is 0 Å². The summed E-state index contributed by atoms with van der Waals surface area (Å²) in [5.74, 6) is 0. The quantitative estimate of drug-likeness (QED) is 0.540. The van der Waals surface area contributed by atoms with Gasteiger partial charge in [0.05, 0.1) is 0 Å². The Balaban J connectivity index is 0.00000121. The molecule has 0 fully saturated rings. The zero-order valence-electron chi connectivity index (χ0n) is 10.8. The number of hydrogen-bond acceptors (Lipinski definition) is 1. The van der Waals surface area contributed by atoms with Crippen LogP contribution < -0.4 is 0 Å². The average Bonchev–Trinajstić information content (AvgIpc) is 2.42. The van der Waals surface area contributed by atoms with Crippen molar-refractivity contribution in [3.8, 4) is 0 Å². The molecule has 0 amide bonds. The summed E-state index contributed by atoms with van der Waals surface area (Å²) >= 11 is 0. The number of hydrogen-bond donors (Lipinski definition) is 0. The molecule has 0 spiro atoms. The highest BCUT2D eigenvalue weighted by Crippen LogP contribution is 2.19. The van der Waals surface area contributed by atoms with E-state index < -0.39 is 0 Å². The van der Waals surface area contributed by atoms with Crippen LogP contribution in [0.4, 0.5) is 0 Å². The summed E-state index contributed by atoms with van der Waals surface area (Å²) in [6.07, 6.45) is 8.36. The fourth-order valence-electron chi connectivity index (χ4n) is 1.38. The molecule has 1 rings (SSSR count). The average molecular weight is 228 g/mol. The van der Waals surface area contributed by atoms with E-state index in [-0.39, 0.29) is 0 Å². The van der Waals surface area contributed by atoms with E-state index in [1.54, 1.807) is 6.08 Å². The minimum Gasteiger partial charge on any atom is -0.298 e. The van der Waals surface area contributed by atoms with Gasteiger partial charge >= 0.3 is 0 Å². The molecule has 0 radical (unpaired) electrons. The summed E-state index contributed by atoms with van der Waals surface area (Å²) in [4.78, 5) is 10.9. The van der Waals surface area contributed by atoms with Gasteiger partial charge in [-0.2, -0.15) is 0 Å². The van der Waals surface area contributed by atoms with Crippen molar-refractivity contribution in [1.82, 2.24) is 0 Å². The van der Waals surface area contributed by atoms with Gasteiger partial charge < -0.3 is 0 Å². The van der Waals surface area contributed by atoms with Crippen LogP contribution in [0, 0.1) is 0 Å². The number of rotatable bonds is 4. The smallest absolute Gasteiger partial charge is 0.150 e. The predicted molar refractivity (Wildman–Crippen MR) is 76.2 cm³/mol. The first-order valence-corrected chi connectivity index (χ1v) is 5.83. The highest BCUT2D eigenvalue weighted by Gasteiger charge is 2.02. The molecular formula is C16H20O. The van der Waals surface area contributed by atoms with Crippen LogP contribution in [0.3, 0.4) is 0 Å². The Bertz CT molecular complexity index is 411. The van der Waals surface area contributed by atoms with Crippen LogP contribution in [0.1, 0.15) is 36.7 Å². The molecule has 90 valence electrons. The van der Waals surface area contributed by atoms with Gasteiger partial charge in [0.2, 0.25) is 0 Å². The van der Waals surface area contributed by atoms with Crippen LogP contribution in [0.15, 0.2) is 55.1 Å². The second-order valence-corrected chi connectivity index (χ2v) is 3.04. The maximum Gasteiger partial charge on any atom is 0.150 e. The highest BCUT2D eigenvalue weighted by atomic mass is 16.1. The number of allylic oxidation sites excluding steroid dienone is 5. The third-order valence-corrected chi connectivity index (χ3v) is 2.12. The predicted octanol–water partition coefficient (Wildman–Crippen LogP) is 4.67. The highest BCUT2D eigenvalue weighted by molar-refractivity contribution is 5.88. The molecule has 1 nitrogen and oxygen atoms in total. The summed E-state index contributed by atoms with van der Waals surface area (Å²) in [5.41, 5.74) is 2.69. The largest absolute Gasteiger partial charge is 0.298 e. The van der Waals surface area contributed by atoms with Gasteiger partial charge in [-0.25, -0.2) is 0 Å². The normalized spacial score (nSPS) is 10.6. The van der Waals surface area contributed by atoms with E-state index in [0.29, 0.717) is 5.56 Å². The molecule has 0 aromatic heterocycles. The number of carbonyl (C=O) groups excluding carboxylic acids is 1. The van der Waals surface area contributed by atoms with Crippen molar-refractivity contribution in [2.45, 2.75) is 20.8 Å². The fraction of sp³-hybridized carbons (Fsp3) is 0.188. The molecule has 0 N–H and O–H groups in total. The van der Waals surface area contributed by atoms with E-state index in [0.717, 1.165) is 17.4 Å².